The number of carbonyl (C=O) groups excluding carboxylic acids is 1. The van der Waals surface area contributed by atoms with Crippen LogP contribution in [0.4, 0.5) is 23.7 Å². The van der Waals surface area contributed by atoms with Gasteiger partial charge in [-0.1, -0.05) is 13.3 Å². The highest BCUT2D eigenvalue weighted by Crippen LogP contribution is 2.26. The van der Waals surface area contributed by atoms with Crippen LogP contribution in [0.25, 0.3) is 0 Å². The van der Waals surface area contributed by atoms with Crippen LogP contribution in [0.2, 0.25) is 0 Å². The number of anilines is 1. The predicted molar refractivity (Wildman–Crippen MR) is 71.0 cm³/mol. The summed E-state index contributed by atoms with van der Waals surface area (Å²) in [7, 11) is 0. The Morgan fingerprint density at radius 2 is 2.14 bits per heavy atom. The van der Waals surface area contributed by atoms with Gasteiger partial charge in [0.25, 0.3) is 0 Å². The summed E-state index contributed by atoms with van der Waals surface area (Å²) < 4.78 is 41.5. The van der Waals surface area contributed by atoms with Gasteiger partial charge in [-0.05, 0) is 18.6 Å². The lowest BCUT2D eigenvalue weighted by molar-refractivity contribution is -0.0495. The zero-order chi connectivity index (χ0) is 15.8. The molecule has 0 radical (unpaired) electrons. The molecule has 0 saturated heterocycles. The Hall–Kier alpha value is -1.96. The van der Waals surface area contributed by atoms with Crippen molar-refractivity contribution in [3.63, 3.8) is 0 Å². The van der Waals surface area contributed by atoms with Gasteiger partial charge in [0.2, 0.25) is 0 Å². The van der Waals surface area contributed by atoms with E-state index in [1.54, 1.807) is 0 Å². The number of benzene rings is 1. The number of urea groups is 1. The SMILES string of the molecule is CCCC(O)CNC(=O)Nc1ccc(F)cc1OC(F)F. The van der Waals surface area contributed by atoms with Crippen LogP contribution in [-0.4, -0.2) is 30.4 Å². The average Bonchev–Trinajstić information content (AvgIpc) is 2.39. The van der Waals surface area contributed by atoms with Crippen LogP contribution in [0.5, 0.6) is 5.75 Å². The molecule has 0 aromatic heterocycles. The van der Waals surface area contributed by atoms with E-state index >= 15 is 0 Å². The minimum Gasteiger partial charge on any atom is -0.432 e. The molecule has 0 aliphatic heterocycles. The molecule has 118 valence electrons. The van der Waals surface area contributed by atoms with Crippen LogP contribution in [0.15, 0.2) is 18.2 Å². The van der Waals surface area contributed by atoms with Crippen molar-refractivity contribution in [1.29, 1.82) is 0 Å². The summed E-state index contributed by atoms with van der Waals surface area (Å²) in [6, 6.07) is 2.14. The average molecular weight is 306 g/mol. The first-order chi connectivity index (χ1) is 9.92. The number of carbonyl (C=O) groups is 1. The van der Waals surface area contributed by atoms with Gasteiger partial charge in [0.1, 0.15) is 5.82 Å². The molecule has 5 nitrogen and oxygen atoms in total. The molecule has 21 heavy (non-hydrogen) atoms. The number of alkyl halides is 2. The van der Waals surface area contributed by atoms with Gasteiger partial charge in [0.15, 0.2) is 5.75 Å². The molecule has 0 saturated carbocycles. The van der Waals surface area contributed by atoms with Crippen molar-refractivity contribution >= 4 is 11.7 Å². The topological polar surface area (TPSA) is 70.6 Å². The van der Waals surface area contributed by atoms with E-state index in [4.69, 9.17) is 0 Å². The van der Waals surface area contributed by atoms with Crippen LogP contribution < -0.4 is 15.4 Å². The number of rotatable bonds is 7. The lowest BCUT2D eigenvalue weighted by atomic mass is 10.2. The van der Waals surface area contributed by atoms with Gasteiger partial charge in [0, 0.05) is 12.6 Å². The minimum absolute atomic E-state index is 0.0197. The van der Waals surface area contributed by atoms with Crippen LogP contribution in [-0.2, 0) is 0 Å². The summed E-state index contributed by atoms with van der Waals surface area (Å²) in [5.74, 6) is -1.25. The smallest absolute Gasteiger partial charge is 0.387 e. The molecule has 0 bridgehead atoms. The molecule has 1 atom stereocenters. The van der Waals surface area contributed by atoms with Gasteiger partial charge in [-0.3, -0.25) is 0 Å². The molecule has 0 fully saturated rings. The van der Waals surface area contributed by atoms with Crippen LogP contribution in [0.1, 0.15) is 19.8 Å². The number of ether oxygens (including phenoxy) is 1. The molecule has 0 spiro atoms. The van der Waals surface area contributed by atoms with E-state index in [1.807, 2.05) is 6.92 Å². The van der Waals surface area contributed by atoms with Gasteiger partial charge < -0.3 is 20.5 Å². The van der Waals surface area contributed by atoms with E-state index in [1.165, 1.54) is 0 Å². The maximum Gasteiger partial charge on any atom is 0.387 e. The quantitative estimate of drug-likeness (QED) is 0.725. The second-order valence-electron chi connectivity index (χ2n) is 4.30. The highest BCUT2D eigenvalue weighted by atomic mass is 19.3. The van der Waals surface area contributed by atoms with Crippen molar-refractivity contribution in [2.24, 2.45) is 0 Å². The molecule has 2 amide bonds. The second kappa shape index (κ2) is 8.35. The fourth-order valence-electron chi connectivity index (χ4n) is 1.61. The molecular weight excluding hydrogens is 289 g/mol. The van der Waals surface area contributed by atoms with Crippen LogP contribution in [0.3, 0.4) is 0 Å². The lowest BCUT2D eigenvalue weighted by Gasteiger charge is -2.14. The fourth-order valence-corrected chi connectivity index (χ4v) is 1.61. The van der Waals surface area contributed by atoms with Crippen LogP contribution >= 0.6 is 0 Å². The van der Waals surface area contributed by atoms with Crippen molar-refractivity contribution in [3.05, 3.63) is 24.0 Å². The molecule has 1 unspecified atom stereocenters. The molecule has 1 rings (SSSR count). The third-order valence-electron chi connectivity index (χ3n) is 2.53. The van der Waals surface area contributed by atoms with E-state index in [0.29, 0.717) is 6.42 Å². The standard InChI is InChI=1S/C13H17F3N2O3/c1-2-3-9(19)7-17-13(20)18-10-5-4-8(14)6-11(10)21-12(15)16/h4-6,9,12,19H,2-3,7H2,1H3,(H2,17,18,20). The highest BCUT2D eigenvalue weighted by Gasteiger charge is 2.13. The number of aliphatic hydroxyl groups is 1. The molecule has 0 heterocycles. The first-order valence-corrected chi connectivity index (χ1v) is 6.39. The van der Waals surface area contributed by atoms with Crippen molar-refractivity contribution < 1.29 is 27.8 Å². The van der Waals surface area contributed by atoms with E-state index in [2.05, 4.69) is 15.4 Å². The van der Waals surface area contributed by atoms with Gasteiger partial charge >= 0.3 is 12.6 Å². The monoisotopic (exact) mass is 306 g/mol. The summed E-state index contributed by atoms with van der Waals surface area (Å²) in [5, 5.41) is 14.1. The lowest BCUT2D eigenvalue weighted by Crippen LogP contribution is -2.35. The summed E-state index contributed by atoms with van der Waals surface area (Å²) in [6.45, 7) is -1.23. The Morgan fingerprint density at radius 3 is 2.76 bits per heavy atom. The van der Waals surface area contributed by atoms with Crippen molar-refractivity contribution in [2.45, 2.75) is 32.5 Å². The number of halogens is 3. The Morgan fingerprint density at radius 1 is 1.43 bits per heavy atom. The van der Waals surface area contributed by atoms with E-state index in [0.717, 1.165) is 24.6 Å². The number of hydrogen-bond donors (Lipinski definition) is 3. The molecule has 3 N–H and O–H groups in total. The normalized spacial score (nSPS) is 12.1. The maximum absolute atomic E-state index is 13.0. The zero-order valence-electron chi connectivity index (χ0n) is 11.4. The predicted octanol–water partition coefficient (Wildman–Crippen LogP) is 2.71. The maximum atomic E-state index is 13.0. The van der Waals surface area contributed by atoms with Crippen molar-refractivity contribution in [2.75, 3.05) is 11.9 Å². The van der Waals surface area contributed by atoms with E-state index in [-0.39, 0.29) is 12.2 Å². The highest BCUT2D eigenvalue weighted by molar-refractivity contribution is 5.90. The Bertz CT molecular complexity index is 472. The summed E-state index contributed by atoms with van der Waals surface area (Å²) in [4.78, 5) is 11.6. The zero-order valence-corrected chi connectivity index (χ0v) is 11.4. The summed E-state index contributed by atoms with van der Waals surface area (Å²) >= 11 is 0. The number of nitrogens with one attached hydrogen (secondary N) is 2. The molecule has 8 heteroatoms. The Labute approximate surface area is 120 Å². The third-order valence-corrected chi connectivity index (χ3v) is 2.53. The van der Waals surface area contributed by atoms with Gasteiger partial charge in [0.05, 0.1) is 11.8 Å². The number of amides is 2. The number of hydrogen-bond acceptors (Lipinski definition) is 3. The van der Waals surface area contributed by atoms with E-state index < -0.39 is 30.3 Å². The second-order valence-corrected chi connectivity index (χ2v) is 4.30. The van der Waals surface area contributed by atoms with Gasteiger partial charge in [-0.15, -0.1) is 0 Å². The third kappa shape index (κ3) is 6.35. The molecule has 1 aromatic carbocycles. The first-order valence-electron chi connectivity index (χ1n) is 6.39. The molecule has 1 aromatic rings. The largest absolute Gasteiger partial charge is 0.432 e. The Kier molecular flexibility index (Phi) is 6.80. The van der Waals surface area contributed by atoms with Crippen molar-refractivity contribution in [3.8, 4) is 5.75 Å². The van der Waals surface area contributed by atoms with E-state index in [9.17, 15) is 23.1 Å². The number of aliphatic hydroxyl groups excluding tert-OH is 1. The van der Waals surface area contributed by atoms with Gasteiger partial charge in [-0.25, -0.2) is 9.18 Å². The first kappa shape index (κ1) is 17.1. The van der Waals surface area contributed by atoms with Crippen LogP contribution in [0, 0.1) is 5.82 Å². The van der Waals surface area contributed by atoms with Crippen molar-refractivity contribution in [1.82, 2.24) is 5.32 Å². The van der Waals surface area contributed by atoms with Gasteiger partial charge in [-0.2, -0.15) is 8.78 Å². The molecule has 0 aliphatic rings. The Balaban J connectivity index is 2.62. The fraction of sp³-hybridized carbons (Fsp3) is 0.462. The molecule has 0 aliphatic carbocycles. The minimum atomic E-state index is -3.14. The summed E-state index contributed by atoms with van der Waals surface area (Å²) in [6.07, 6.45) is 0.594. The summed E-state index contributed by atoms with van der Waals surface area (Å²) in [5.41, 5.74) is -0.0980. The molecular formula is C13H17F3N2O3.